The van der Waals surface area contributed by atoms with Crippen LogP contribution in [0.25, 0.3) is 0 Å². The van der Waals surface area contributed by atoms with Gasteiger partial charge in [-0.2, -0.15) is 0 Å². The number of amides is 2. The van der Waals surface area contributed by atoms with Crippen LogP contribution in [-0.2, 0) is 9.59 Å². The third-order valence-corrected chi connectivity index (χ3v) is 4.88. The van der Waals surface area contributed by atoms with E-state index in [1.165, 1.54) is 18.7 Å². The third kappa shape index (κ3) is 8.39. The van der Waals surface area contributed by atoms with Crippen molar-refractivity contribution in [2.45, 2.75) is 26.7 Å². The molecule has 0 fully saturated rings. The second-order valence-corrected chi connectivity index (χ2v) is 7.43. The van der Waals surface area contributed by atoms with Crippen molar-refractivity contribution in [3.63, 3.8) is 0 Å². The lowest BCUT2D eigenvalue weighted by atomic mass is 10.1. The standard InChI is InChI=1S/C22H26N2O4S/c1-3-4-13-28-20-11-9-19(10-12-20)24-22(27)15-29-14-21(26)23-18-7-5-17(6-8-18)16(2)25/h5-12H,3-4,13-15H2,1-2H3,(H,23,26)(H,24,27). The monoisotopic (exact) mass is 414 g/mol. The van der Waals surface area contributed by atoms with Crippen LogP contribution in [0.4, 0.5) is 11.4 Å². The summed E-state index contributed by atoms with van der Waals surface area (Å²) >= 11 is 1.23. The second kappa shape index (κ2) is 11.9. The van der Waals surface area contributed by atoms with Gasteiger partial charge in [-0.05, 0) is 61.9 Å². The van der Waals surface area contributed by atoms with Crippen molar-refractivity contribution in [1.29, 1.82) is 0 Å². The summed E-state index contributed by atoms with van der Waals surface area (Å²) in [6.07, 6.45) is 2.09. The van der Waals surface area contributed by atoms with Gasteiger partial charge in [0, 0.05) is 16.9 Å². The minimum Gasteiger partial charge on any atom is -0.494 e. The van der Waals surface area contributed by atoms with E-state index in [1.807, 2.05) is 12.1 Å². The lowest BCUT2D eigenvalue weighted by Crippen LogP contribution is -2.18. The van der Waals surface area contributed by atoms with Crippen LogP contribution in [0.2, 0.25) is 0 Å². The first-order valence-electron chi connectivity index (χ1n) is 9.49. The van der Waals surface area contributed by atoms with Gasteiger partial charge in [-0.15, -0.1) is 11.8 Å². The molecule has 2 aromatic rings. The number of rotatable bonds is 11. The van der Waals surface area contributed by atoms with Gasteiger partial charge < -0.3 is 15.4 Å². The van der Waals surface area contributed by atoms with E-state index in [1.54, 1.807) is 36.4 Å². The number of thioether (sulfide) groups is 1. The fraction of sp³-hybridized carbons (Fsp3) is 0.318. The lowest BCUT2D eigenvalue weighted by Gasteiger charge is -2.08. The molecule has 0 heterocycles. The van der Waals surface area contributed by atoms with Crippen molar-refractivity contribution in [3.05, 3.63) is 54.1 Å². The summed E-state index contributed by atoms with van der Waals surface area (Å²) in [5.41, 5.74) is 1.90. The quantitative estimate of drug-likeness (QED) is 0.421. The first-order chi connectivity index (χ1) is 14.0. The number of carbonyl (C=O) groups excluding carboxylic acids is 3. The zero-order chi connectivity index (χ0) is 21.1. The number of ether oxygens (including phenoxy) is 1. The Kier molecular flexibility index (Phi) is 9.24. The summed E-state index contributed by atoms with van der Waals surface area (Å²) in [4.78, 5) is 35.2. The molecule has 0 saturated heterocycles. The highest BCUT2D eigenvalue weighted by atomic mass is 32.2. The van der Waals surface area contributed by atoms with Crippen LogP contribution in [0, 0.1) is 0 Å². The van der Waals surface area contributed by atoms with E-state index in [4.69, 9.17) is 4.74 Å². The topological polar surface area (TPSA) is 84.5 Å². The summed E-state index contributed by atoms with van der Waals surface area (Å²) in [5.74, 6) is 0.708. The molecule has 2 rings (SSSR count). The van der Waals surface area contributed by atoms with Crippen molar-refractivity contribution in [3.8, 4) is 5.75 Å². The Labute approximate surface area is 175 Å². The van der Waals surface area contributed by atoms with E-state index >= 15 is 0 Å². The van der Waals surface area contributed by atoms with Gasteiger partial charge in [0.15, 0.2) is 5.78 Å². The summed E-state index contributed by atoms with van der Waals surface area (Å²) < 4.78 is 5.59. The number of benzene rings is 2. The highest BCUT2D eigenvalue weighted by Gasteiger charge is 2.07. The molecule has 2 aromatic carbocycles. The van der Waals surface area contributed by atoms with Crippen LogP contribution < -0.4 is 15.4 Å². The Morgan fingerprint density at radius 2 is 1.38 bits per heavy atom. The molecule has 2 amide bonds. The second-order valence-electron chi connectivity index (χ2n) is 6.45. The van der Waals surface area contributed by atoms with E-state index in [2.05, 4.69) is 17.6 Å². The summed E-state index contributed by atoms with van der Waals surface area (Å²) in [6, 6.07) is 13.9. The Hall–Kier alpha value is -2.80. The van der Waals surface area contributed by atoms with Gasteiger partial charge in [0.05, 0.1) is 18.1 Å². The number of hydrogen-bond acceptors (Lipinski definition) is 5. The minimum atomic E-state index is -0.202. The molecule has 0 unspecified atom stereocenters. The Morgan fingerprint density at radius 1 is 0.862 bits per heavy atom. The maximum atomic E-state index is 12.0. The van der Waals surface area contributed by atoms with Crippen molar-refractivity contribution in [2.75, 3.05) is 28.7 Å². The molecule has 0 aliphatic rings. The molecule has 7 heteroatoms. The molecule has 0 bridgehead atoms. The molecule has 29 heavy (non-hydrogen) atoms. The number of ketones is 1. The fourth-order valence-electron chi connectivity index (χ4n) is 2.39. The van der Waals surface area contributed by atoms with Gasteiger partial charge >= 0.3 is 0 Å². The fourth-order valence-corrected chi connectivity index (χ4v) is 3.00. The summed E-state index contributed by atoms with van der Waals surface area (Å²) in [6.45, 7) is 4.28. The van der Waals surface area contributed by atoms with Crippen molar-refractivity contribution in [2.24, 2.45) is 0 Å². The van der Waals surface area contributed by atoms with Gasteiger partial charge in [0.2, 0.25) is 11.8 Å². The number of nitrogens with one attached hydrogen (secondary N) is 2. The van der Waals surface area contributed by atoms with E-state index in [0.29, 0.717) is 23.5 Å². The highest BCUT2D eigenvalue weighted by Crippen LogP contribution is 2.16. The third-order valence-electron chi connectivity index (χ3n) is 3.95. The van der Waals surface area contributed by atoms with Crippen molar-refractivity contribution >= 4 is 40.7 Å². The molecule has 0 aliphatic carbocycles. The zero-order valence-corrected chi connectivity index (χ0v) is 17.5. The van der Waals surface area contributed by atoms with Gasteiger partial charge in [0.1, 0.15) is 5.75 Å². The molecule has 0 atom stereocenters. The first kappa shape index (κ1) is 22.5. The molecule has 6 nitrogen and oxygen atoms in total. The number of hydrogen-bond donors (Lipinski definition) is 2. The molecule has 0 aliphatic heterocycles. The highest BCUT2D eigenvalue weighted by molar-refractivity contribution is 8.00. The Morgan fingerprint density at radius 3 is 1.86 bits per heavy atom. The average Bonchev–Trinajstić information content (AvgIpc) is 2.70. The smallest absolute Gasteiger partial charge is 0.234 e. The van der Waals surface area contributed by atoms with Crippen molar-refractivity contribution in [1.82, 2.24) is 0 Å². The van der Waals surface area contributed by atoms with Crippen LogP contribution in [0.5, 0.6) is 5.75 Å². The van der Waals surface area contributed by atoms with Crippen LogP contribution in [0.15, 0.2) is 48.5 Å². The molecule has 0 spiro atoms. The van der Waals surface area contributed by atoms with E-state index in [0.717, 1.165) is 18.6 Å². The Balaban J connectivity index is 1.68. The minimum absolute atomic E-state index is 0.0249. The molecule has 2 N–H and O–H groups in total. The SMILES string of the molecule is CCCCOc1ccc(NC(=O)CSCC(=O)Nc2ccc(C(C)=O)cc2)cc1. The Bertz CT molecular complexity index is 820. The predicted octanol–water partition coefficient (Wildman–Crippen LogP) is 4.38. The maximum Gasteiger partial charge on any atom is 0.234 e. The molecule has 0 saturated carbocycles. The van der Waals surface area contributed by atoms with Crippen LogP contribution in [0.3, 0.4) is 0 Å². The normalized spacial score (nSPS) is 10.3. The maximum absolute atomic E-state index is 12.0. The number of Topliss-reactive ketones (excluding diaryl/α,β-unsaturated/α-hetero) is 1. The predicted molar refractivity (Wildman–Crippen MR) is 118 cm³/mol. The van der Waals surface area contributed by atoms with Crippen LogP contribution >= 0.6 is 11.8 Å². The van der Waals surface area contributed by atoms with Gasteiger partial charge in [-0.25, -0.2) is 0 Å². The average molecular weight is 415 g/mol. The summed E-state index contributed by atoms with van der Waals surface area (Å²) in [7, 11) is 0. The van der Waals surface area contributed by atoms with Crippen molar-refractivity contribution < 1.29 is 19.1 Å². The van der Waals surface area contributed by atoms with E-state index in [9.17, 15) is 14.4 Å². The lowest BCUT2D eigenvalue weighted by molar-refractivity contribution is -0.114. The van der Waals surface area contributed by atoms with E-state index in [-0.39, 0.29) is 29.1 Å². The molecule has 154 valence electrons. The van der Waals surface area contributed by atoms with E-state index < -0.39 is 0 Å². The van der Waals surface area contributed by atoms with Gasteiger partial charge in [-0.1, -0.05) is 13.3 Å². The largest absolute Gasteiger partial charge is 0.494 e. The number of unbranched alkanes of at least 4 members (excludes halogenated alkanes) is 1. The summed E-state index contributed by atoms with van der Waals surface area (Å²) in [5, 5.41) is 5.54. The van der Waals surface area contributed by atoms with Gasteiger partial charge in [0.25, 0.3) is 0 Å². The molecule has 0 aromatic heterocycles. The number of anilines is 2. The van der Waals surface area contributed by atoms with Crippen LogP contribution in [-0.4, -0.2) is 35.7 Å². The van der Waals surface area contributed by atoms with Crippen LogP contribution in [0.1, 0.15) is 37.0 Å². The van der Waals surface area contributed by atoms with Gasteiger partial charge in [-0.3, -0.25) is 14.4 Å². The number of carbonyl (C=O) groups is 3. The molecule has 0 radical (unpaired) electrons. The molecular formula is C22H26N2O4S. The molecular weight excluding hydrogens is 388 g/mol. The zero-order valence-electron chi connectivity index (χ0n) is 16.7. The first-order valence-corrected chi connectivity index (χ1v) is 10.6.